The molecule has 2 saturated heterocycles. The monoisotopic (exact) mass is 455 g/mol. The molecule has 0 radical (unpaired) electrons. The molecule has 2 fully saturated rings. The molecule has 0 aliphatic carbocycles. The number of benzene rings is 2. The van der Waals surface area contributed by atoms with Crippen LogP contribution in [0.25, 0.3) is 0 Å². The molecule has 2 amide bonds. The summed E-state index contributed by atoms with van der Waals surface area (Å²) in [6.45, 7) is 5.92. The lowest BCUT2D eigenvalue weighted by Gasteiger charge is -2.34. The number of hydrogen-bond donors (Lipinski definition) is 1. The first kappa shape index (κ1) is 22.5. The molecule has 4 rings (SSSR count). The van der Waals surface area contributed by atoms with Gasteiger partial charge in [-0.3, -0.25) is 9.59 Å². The highest BCUT2D eigenvalue weighted by molar-refractivity contribution is 7.89. The van der Waals surface area contributed by atoms with Crippen LogP contribution in [0.3, 0.4) is 0 Å². The van der Waals surface area contributed by atoms with Gasteiger partial charge in [-0.05, 0) is 73.2 Å². The summed E-state index contributed by atoms with van der Waals surface area (Å²) < 4.78 is 27.6. The van der Waals surface area contributed by atoms with Crippen LogP contribution in [0.2, 0.25) is 0 Å². The Morgan fingerprint density at radius 1 is 0.969 bits per heavy atom. The van der Waals surface area contributed by atoms with Gasteiger partial charge in [0.05, 0.1) is 4.90 Å². The zero-order chi connectivity index (χ0) is 22.9. The number of amides is 2. The van der Waals surface area contributed by atoms with Crippen molar-refractivity contribution < 1.29 is 18.0 Å². The van der Waals surface area contributed by atoms with Gasteiger partial charge < -0.3 is 10.2 Å². The quantitative estimate of drug-likeness (QED) is 0.744. The van der Waals surface area contributed by atoms with E-state index >= 15 is 0 Å². The Kier molecular flexibility index (Phi) is 6.35. The average molecular weight is 456 g/mol. The SMILES string of the molecule is CC1CC(C)CN(S(=O)(=O)c2ccc(NC(=O)c3ccc(N4CCCC4=O)cc3)cc2)C1. The third-order valence-corrected chi connectivity index (χ3v) is 7.95. The van der Waals surface area contributed by atoms with Crippen LogP contribution >= 0.6 is 0 Å². The molecular weight excluding hydrogens is 426 g/mol. The highest BCUT2D eigenvalue weighted by Crippen LogP contribution is 2.27. The van der Waals surface area contributed by atoms with Crippen molar-refractivity contribution in [3.63, 3.8) is 0 Å². The van der Waals surface area contributed by atoms with Crippen LogP contribution in [0, 0.1) is 11.8 Å². The second kappa shape index (κ2) is 9.03. The van der Waals surface area contributed by atoms with Gasteiger partial charge in [-0.15, -0.1) is 0 Å². The van der Waals surface area contributed by atoms with Crippen molar-refractivity contribution >= 4 is 33.2 Å². The van der Waals surface area contributed by atoms with Crippen LogP contribution in [0.4, 0.5) is 11.4 Å². The van der Waals surface area contributed by atoms with E-state index in [9.17, 15) is 18.0 Å². The van der Waals surface area contributed by atoms with Gasteiger partial charge in [-0.25, -0.2) is 8.42 Å². The second-order valence-corrected chi connectivity index (χ2v) is 10.9. The molecule has 2 aliphatic rings. The fourth-order valence-corrected chi connectivity index (χ4v) is 6.26. The van der Waals surface area contributed by atoms with Gasteiger partial charge in [-0.1, -0.05) is 13.8 Å². The van der Waals surface area contributed by atoms with Crippen LogP contribution in [0.1, 0.15) is 43.5 Å². The first-order valence-electron chi connectivity index (χ1n) is 11.1. The van der Waals surface area contributed by atoms with Crippen molar-refractivity contribution in [2.45, 2.75) is 38.0 Å². The van der Waals surface area contributed by atoms with E-state index in [1.165, 1.54) is 12.1 Å². The summed E-state index contributed by atoms with van der Waals surface area (Å²) in [5.41, 5.74) is 1.78. The molecule has 32 heavy (non-hydrogen) atoms. The Morgan fingerprint density at radius 3 is 2.16 bits per heavy atom. The van der Waals surface area contributed by atoms with Crippen molar-refractivity contribution in [1.29, 1.82) is 0 Å². The lowest BCUT2D eigenvalue weighted by Crippen LogP contribution is -2.42. The van der Waals surface area contributed by atoms with Gasteiger partial charge in [0, 0.05) is 43.0 Å². The molecule has 0 saturated carbocycles. The molecule has 8 heteroatoms. The van der Waals surface area contributed by atoms with Gasteiger partial charge in [0.25, 0.3) is 5.91 Å². The topological polar surface area (TPSA) is 86.8 Å². The Bertz CT molecular complexity index is 1090. The maximum atomic E-state index is 13.0. The number of carbonyl (C=O) groups is 2. The summed E-state index contributed by atoms with van der Waals surface area (Å²) in [7, 11) is -3.55. The number of rotatable bonds is 5. The normalized spacial score (nSPS) is 22.2. The fraction of sp³-hybridized carbons (Fsp3) is 0.417. The van der Waals surface area contributed by atoms with Gasteiger partial charge in [0.1, 0.15) is 0 Å². The highest BCUT2D eigenvalue weighted by Gasteiger charge is 2.31. The van der Waals surface area contributed by atoms with E-state index in [4.69, 9.17) is 0 Å². The Hall–Kier alpha value is -2.71. The van der Waals surface area contributed by atoms with Gasteiger partial charge in [-0.2, -0.15) is 4.31 Å². The summed E-state index contributed by atoms with van der Waals surface area (Å²) >= 11 is 0. The van der Waals surface area contributed by atoms with E-state index in [0.717, 1.165) is 18.5 Å². The number of anilines is 2. The van der Waals surface area contributed by atoms with Crippen LogP contribution in [-0.4, -0.2) is 44.2 Å². The lowest BCUT2D eigenvalue weighted by atomic mass is 9.94. The maximum absolute atomic E-state index is 13.0. The minimum Gasteiger partial charge on any atom is -0.322 e. The third kappa shape index (κ3) is 4.71. The lowest BCUT2D eigenvalue weighted by molar-refractivity contribution is -0.117. The molecule has 0 bridgehead atoms. The summed E-state index contributed by atoms with van der Waals surface area (Å²) in [6.07, 6.45) is 2.44. The fourth-order valence-electron chi connectivity index (χ4n) is 4.58. The minimum absolute atomic E-state index is 0.103. The molecule has 2 atom stereocenters. The molecular formula is C24H29N3O4S. The molecule has 7 nitrogen and oxygen atoms in total. The molecule has 0 aromatic heterocycles. The number of carbonyl (C=O) groups excluding carboxylic acids is 2. The molecule has 2 unspecified atom stereocenters. The Balaban J connectivity index is 1.42. The van der Waals surface area contributed by atoms with E-state index in [1.807, 2.05) is 0 Å². The van der Waals surface area contributed by atoms with Crippen molar-refractivity contribution in [2.75, 3.05) is 29.9 Å². The molecule has 2 heterocycles. The van der Waals surface area contributed by atoms with Crippen molar-refractivity contribution in [3.8, 4) is 0 Å². The molecule has 2 aromatic rings. The van der Waals surface area contributed by atoms with Gasteiger partial charge in [0.15, 0.2) is 0 Å². The number of nitrogens with zero attached hydrogens (tertiary/aromatic N) is 2. The van der Waals surface area contributed by atoms with Crippen molar-refractivity contribution in [1.82, 2.24) is 4.31 Å². The van der Waals surface area contributed by atoms with Crippen LogP contribution in [-0.2, 0) is 14.8 Å². The number of sulfonamides is 1. The first-order valence-corrected chi connectivity index (χ1v) is 12.5. The van der Waals surface area contributed by atoms with Gasteiger partial charge in [0.2, 0.25) is 15.9 Å². The highest BCUT2D eigenvalue weighted by atomic mass is 32.2. The third-order valence-electron chi connectivity index (χ3n) is 6.10. The average Bonchev–Trinajstić information content (AvgIpc) is 3.19. The predicted molar refractivity (Wildman–Crippen MR) is 124 cm³/mol. The van der Waals surface area contributed by atoms with E-state index in [1.54, 1.807) is 45.6 Å². The first-order chi connectivity index (χ1) is 15.2. The van der Waals surface area contributed by atoms with Crippen LogP contribution in [0.5, 0.6) is 0 Å². The predicted octanol–water partition coefficient (Wildman–Crippen LogP) is 3.73. The zero-order valence-electron chi connectivity index (χ0n) is 18.5. The van der Waals surface area contributed by atoms with Crippen LogP contribution < -0.4 is 10.2 Å². The van der Waals surface area contributed by atoms with E-state index < -0.39 is 10.0 Å². The summed E-state index contributed by atoms with van der Waals surface area (Å²) in [4.78, 5) is 26.4. The largest absolute Gasteiger partial charge is 0.322 e. The van der Waals surface area contributed by atoms with E-state index in [0.29, 0.717) is 49.1 Å². The van der Waals surface area contributed by atoms with Crippen LogP contribution in [0.15, 0.2) is 53.4 Å². The summed E-state index contributed by atoms with van der Waals surface area (Å²) in [6, 6.07) is 13.2. The number of piperidine rings is 1. The molecule has 2 aliphatic heterocycles. The number of hydrogen-bond acceptors (Lipinski definition) is 4. The molecule has 0 spiro atoms. The molecule has 1 N–H and O–H groups in total. The van der Waals surface area contributed by atoms with Crippen molar-refractivity contribution in [3.05, 3.63) is 54.1 Å². The Morgan fingerprint density at radius 2 is 1.59 bits per heavy atom. The summed E-state index contributed by atoms with van der Waals surface area (Å²) in [5, 5.41) is 2.80. The number of nitrogens with one attached hydrogen (secondary N) is 1. The van der Waals surface area contributed by atoms with Gasteiger partial charge >= 0.3 is 0 Å². The minimum atomic E-state index is -3.55. The standard InChI is InChI=1S/C24H29N3O4S/c1-17-14-18(2)16-26(15-17)32(30,31)22-11-7-20(8-12-22)25-24(29)19-5-9-21(10-6-19)27-13-3-4-23(27)28/h5-12,17-18H,3-4,13-16H2,1-2H3,(H,25,29). The second-order valence-electron chi connectivity index (χ2n) is 8.94. The Labute approximate surface area is 189 Å². The smallest absolute Gasteiger partial charge is 0.255 e. The molecule has 170 valence electrons. The van der Waals surface area contributed by atoms with E-state index in [-0.39, 0.29) is 16.7 Å². The zero-order valence-corrected chi connectivity index (χ0v) is 19.3. The summed E-state index contributed by atoms with van der Waals surface area (Å²) in [5.74, 6) is 0.480. The molecule has 2 aromatic carbocycles. The van der Waals surface area contributed by atoms with Crippen molar-refractivity contribution in [2.24, 2.45) is 11.8 Å². The maximum Gasteiger partial charge on any atom is 0.255 e. The van der Waals surface area contributed by atoms with E-state index in [2.05, 4.69) is 19.2 Å².